The van der Waals surface area contributed by atoms with Crippen LogP contribution >= 0.6 is 0 Å². The highest BCUT2D eigenvalue weighted by atomic mass is 16.5. The van der Waals surface area contributed by atoms with Crippen molar-refractivity contribution in [3.8, 4) is 17.2 Å². The summed E-state index contributed by atoms with van der Waals surface area (Å²) in [5, 5.41) is 2.08. The van der Waals surface area contributed by atoms with E-state index in [-0.39, 0.29) is 12.4 Å². The summed E-state index contributed by atoms with van der Waals surface area (Å²) in [7, 11) is 0. The average Bonchev–Trinajstić information content (AvgIpc) is 2.90. The molecule has 4 nitrogen and oxygen atoms in total. The molecular formula is C21H18O4. The molecule has 0 bridgehead atoms. The standard InChI is InChI=1S/C21H18O4/c22-18(16-9-10-20-21(13-16)24-12-4-11-23-20)14-25-19-8-3-6-15-5-1-2-7-17(15)19/h1-3,5-10,13H,4,11-12,14H2. The van der Waals surface area contributed by atoms with Gasteiger partial charge in [-0.1, -0.05) is 36.4 Å². The molecule has 0 saturated heterocycles. The second-order valence-electron chi connectivity index (χ2n) is 5.90. The minimum absolute atomic E-state index is 0.0202. The van der Waals surface area contributed by atoms with Gasteiger partial charge >= 0.3 is 0 Å². The fourth-order valence-electron chi connectivity index (χ4n) is 2.88. The van der Waals surface area contributed by atoms with E-state index in [2.05, 4.69) is 0 Å². The van der Waals surface area contributed by atoms with Crippen LogP contribution in [0.2, 0.25) is 0 Å². The Balaban J connectivity index is 1.51. The van der Waals surface area contributed by atoms with Gasteiger partial charge in [0.05, 0.1) is 13.2 Å². The van der Waals surface area contributed by atoms with E-state index in [1.54, 1.807) is 18.2 Å². The summed E-state index contributed by atoms with van der Waals surface area (Å²) < 4.78 is 17.0. The minimum atomic E-state index is -0.0939. The molecule has 4 rings (SSSR count). The van der Waals surface area contributed by atoms with Crippen molar-refractivity contribution in [2.45, 2.75) is 6.42 Å². The second-order valence-corrected chi connectivity index (χ2v) is 5.90. The normalized spacial score (nSPS) is 13.3. The summed E-state index contributed by atoms with van der Waals surface area (Å²) in [6, 6.07) is 19.0. The van der Waals surface area contributed by atoms with Crippen molar-refractivity contribution >= 4 is 16.6 Å². The quantitative estimate of drug-likeness (QED) is 0.669. The molecule has 3 aromatic carbocycles. The van der Waals surface area contributed by atoms with Crippen molar-refractivity contribution < 1.29 is 19.0 Å². The van der Waals surface area contributed by atoms with Gasteiger partial charge in [0.25, 0.3) is 0 Å². The number of ketones is 1. The van der Waals surface area contributed by atoms with Gasteiger partial charge in [0, 0.05) is 17.4 Å². The van der Waals surface area contributed by atoms with Crippen LogP contribution in [-0.4, -0.2) is 25.6 Å². The zero-order chi connectivity index (χ0) is 17.1. The molecule has 0 spiro atoms. The molecule has 25 heavy (non-hydrogen) atoms. The number of hydrogen-bond donors (Lipinski definition) is 0. The Labute approximate surface area is 145 Å². The third-order valence-electron chi connectivity index (χ3n) is 4.18. The first-order chi connectivity index (χ1) is 12.3. The molecule has 3 aromatic rings. The number of Topliss-reactive ketones (excluding diaryl/α,β-unsaturated/α-hetero) is 1. The third-order valence-corrected chi connectivity index (χ3v) is 4.18. The predicted molar refractivity (Wildman–Crippen MR) is 95.8 cm³/mol. The third kappa shape index (κ3) is 3.29. The lowest BCUT2D eigenvalue weighted by atomic mass is 10.1. The van der Waals surface area contributed by atoms with Crippen molar-refractivity contribution in [1.82, 2.24) is 0 Å². The van der Waals surface area contributed by atoms with Crippen molar-refractivity contribution in [3.05, 3.63) is 66.2 Å². The topological polar surface area (TPSA) is 44.8 Å². The molecule has 0 unspecified atom stereocenters. The van der Waals surface area contributed by atoms with Crippen LogP contribution in [-0.2, 0) is 0 Å². The van der Waals surface area contributed by atoms with Crippen LogP contribution in [0, 0.1) is 0 Å². The highest BCUT2D eigenvalue weighted by Crippen LogP contribution is 2.31. The first-order valence-electron chi connectivity index (χ1n) is 8.35. The van der Waals surface area contributed by atoms with Gasteiger partial charge in [-0.25, -0.2) is 0 Å². The molecule has 0 aromatic heterocycles. The van der Waals surface area contributed by atoms with E-state index >= 15 is 0 Å². The summed E-state index contributed by atoms with van der Waals surface area (Å²) in [5.74, 6) is 1.92. The Kier molecular flexibility index (Phi) is 4.25. The number of carbonyl (C=O) groups excluding carboxylic acids is 1. The van der Waals surface area contributed by atoms with Gasteiger partial charge < -0.3 is 14.2 Å². The van der Waals surface area contributed by atoms with Crippen molar-refractivity contribution in [2.24, 2.45) is 0 Å². The van der Waals surface area contributed by atoms with Crippen molar-refractivity contribution in [2.75, 3.05) is 19.8 Å². The number of hydrogen-bond acceptors (Lipinski definition) is 4. The lowest BCUT2D eigenvalue weighted by Crippen LogP contribution is -2.12. The molecule has 0 aliphatic carbocycles. The fraction of sp³-hybridized carbons (Fsp3) is 0.190. The number of carbonyl (C=O) groups is 1. The number of fused-ring (bicyclic) bond motifs is 2. The molecular weight excluding hydrogens is 316 g/mol. The highest BCUT2D eigenvalue weighted by Gasteiger charge is 2.15. The lowest BCUT2D eigenvalue weighted by molar-refractivity contribution is 0.0922. The maximum Gasteiger partial charge on any atom is 0.200 e. The van der Waals surface area contributed by atoms with Crippen molar-refractivity contribution in [3.63, 3.8) is 0 Å². The SMILES string of the molecule is O=C(COc1cccc2ccccc12)c1ccc2c(c1)OCCCO2. The molecule has 4 heteroatoms. The maximum absolute atomic E-state index is 12.5. The number of rotatable bonds is 4. The summed E-state index contributed by atoms with van der Waals surface area (Å²) in [4.78, 5) is 12.5. The average molecular weight is 334 g/mol. The molecule has 0 amide bonds. The van der Waals surface area contributed by atoms with Crippen molar-refractivity contribution in [1.29, 1.82) is 0 Å². The highest BCUT2D eigenvalue weighted by molar-refractivity contribution is 5.98. The predicted octanol–water partition coefficient (Wildman–Crippen LogP) is 4.26. The Hall–Kier alpha value is -3.01. The molecule has 1 heterocycles. The van der Waals surface area contributed by atoms with Crippen LogP contribution in [0.3, 0.4) is 0 Å². The van der Waals surface area contributed by atoms with E-state index in [9.17, 15) is 4.79 Å². The Morgan fingerprint density at radius 3 is 2.64 bits per heavy atom. The Morgan fingerprint density at radius 2 is 1.72 bits per heavy atom. The molecule has 0 N–H and O–H groups in total. The van der Waals surface area contributed by atoms with E-state index in [4.69, 9.17) is 14.2 Å². The summed E-state index contributed by atoms with van der Waals surface area (Å²) in [6.45, 7) is 1.20. The van der Waals surface area contributed by atoms with Crippen LogP contribution in [0.15, 0.2) is 60.7 Å². The largest absolute Gasteiger partial charge is 0.490 e. The van der Waals surface area contributed by atoms with E-state index in [1.807, 2.05) is 42.5 Å². The van der Waals surface area contributed by atoms with E-state index in [0.717, 1.165) is 17.2 Å². The van der Waals surface area contributed by atoms with Crippen LogP contribution in [0.4, 0.5) is 0 Å². The summed E-state index contributed by atoms with van der Waals surface area (Å²) in [5.41, 5.74) is 0.560. The zero-order valence-electron chi connectivity index (χ0n) is 13.7. The summed E-state index contributed by atoms with van der Waals surface area (Å²) in [6.07, 6.45) is 0.835. The first-order valence-corrected chi connectivity index (χ1v) is 8.35. The minimum Gasteiger partial charge on any atom is -0.490 e. The molecule has 1 aliphatic heterocycles. The molecule has 126 valence electrons. The molecule has 0 radical (unpaired) electrons. The van der Waals surface area contributed by atoms with Crippen LogP contribution < -0.4 is 14.2 Å². The Bertz CT molecular complexity index is 911. The molecule has 0 atom stereocenters. The molecule has 0 fully saturated rings. The van der Waals surface area contributed by atoms with Gasteiger partial charge in [-0.3, -0.25) is 4.79 Å². The number of ether oxygens (including phenoxy) is 3. The molecule has 1 aliphatic rings. The lowest BCUT2D eigenvalue weighted by Gasteiger charge is -2.11. The van der Waals surface area contributed by atoms with Crippen LogP contribution in [0.25, 0.3) is 10.8 Å². The second kappa shape index (κ2) is 6.85. The fourth-order valence-corrected chi connectivity index (χ4v) is 2.88. The van der Waals surface area contributed by atoms with Gasteiger partial charge in [-0.15, -0.1) is 0 Å². The van der Waals surface area contributed by atoms with Crippen LogP contribution in [0.5, 0.6) is 17.2 Å². The van der Waals surface area contributed by atoms with Gasteiger partial charge in [0.2, 0.25) is 0 Å². The summed E-state index contributed by atoms with van der Waals surface area (Å²) >= 11 is 0. The van der Waals surface area contributed by atoms with Crippen LogP contribution in [0.1, 0.15) is 16.8 Å². The number of benzene rings is 3. The zero-order valence-corrected chi connectivity index (χ0v) is 13.7. The first kappa shape index (κ1) is 15.5. The van der Waals surface area contributed by atoms with Gasteiger partial charge in [0.15, 0.2) is 23.9 Å². The maximum atomic E-state index is 12.5. The van der Waals surface area contributed by atoms with E-state index in [1.165, 1.54) is 0 Å². The van der Waals surface area contributed by atoms with E-state index < -0.39 is 0 Å². The smallest absolute Gasteiger partial charge is 0.200 e. The monoisotopic (exact) mass is 334 g/mol. The van der Waals surface area contributed by atoms with Gasteiger partial charge in [0.1, 0.15) is 5.75 Å². The Morgan fingerprint density at radius 1 is 0.920 bits per heavy atom. The van der Waals surface area contributed by atoms with Gasteiger partial charge in [-0.05, 0) is 29.7 Å². The van der Waals surface area contributed by atoms with E-state index in [0.29, 0.717) is 36.0 Å². The van der Waals surface area contributed by atoms with Gasteiger partial charge in [-0.2, -0.15) is 0 Å². The molecule has 0 saturated carbocycles.